The van der Waals surface area contributed by atoms with Gasteiger partial charge in [-0.3, -0.25) is 4.79 Å². The molecule has 1 N–H and O–H groups in total. The van der Waals surface area contributed by atoms with Crippen molar-refractivity contribution in [3.63, 3.8) is 0 Å². The van der Waals surface area contributed by atoms with Crippen molar-refractivity contribution in [1.29, 1.82) is 0 Å². The summed E-state index contributed by atoms with van der Waals surface area (Å²) in [5, 5.41) is 3.57. The summed E-state index contributed by atoms with van der Waals surface area (Å²) in [5.41, 5.74) is 3.54. The molecule has 3 heteroatoms. The molecule has 0 amide bonds. The predicted molar refractivity (Wildman–Crippen MR) is 77.7 cm³/mol. The van der Waals surface area contributed by atoms with E-state index in [1.807, 2.05) is 12.1 Å². The van der Waals surface area contributed by atoms with Crippen LogP contribution in [-0.4, -0.2) is 12.3 Å². The molecule has 0 saturated heterocycles. The van der Waals surface area contributed by atoms with Crippen molar-refractivity contribution in [3.8, 4) is 0 Å². The topological polar surface area (TPSA) is 29.1 Å². The number of ketones is 1. The molecule has 0 fully saturated rings. The minimum atomic E-state index is 0. The first-order valence-corrected chi connectivity index (χ1v) is 6.60. The molecule has 2 rings (SSSR count). The predicted octanol–water partition coefficient (Wildman–Crippen LogP) is 3.69. The van der Waals surface area contributed by atoms with Gasteiger partial charge in [-0.1, -0.05) is 25.1 Å². The average Bonchev–Trinajstić information content (AvgIpc) is 2.35. The van der Waals surface area contributed by atoms with Gasteiger partial charge >= 0.3 is 0 Å². The van der Waals surface area contributed by atoms with E-state index in [9.17, 15) is 4.79 Å². The summed E-state index contributed by atoms with van der Waals surface area (Å²) in [6, 6.07) is 6.52. The minimum Gasteiger partial charge on any atom is -0.310 e. The summed E-state index contributed by atoms with van der Waals surface area (Å²) in [6.45, 7) is 4.87. The van der Waals surface area contributed by atoms with E-state index in [2.05, 4.69) is 18.3 Å². The number of aryl methyl sites for hydroxylation is 1. The van der Waals surface area contributed by atoms with Gasteiger partial charge in [-0.25, -0.2) is 0 Å². The lowest BCUT2D eigenvalue weighted by Crippen LogP contribution is -2.27. The molecular weight excluding hydrogens is 246 g/mol. The lowest BCUT2D eigenvalue weighted by molar-refractivity contribution is 0.101. The summed E-state index contributed by atoms with van der Waals surface area (Å²) in [7, 11) is 0. The van der Waals surface area contributed by atoms with Crippen LogP contribution >= 0.6 is 12.4 Å². The summed E-state index contributed by atoms with van der Waals surface area (Å²) >= 11 is 0. The molecule has 1 unspecified atom stereocenters. The zero-order chi connectivity index (χ0) is 12.3. The van der Waals surface area contributed by atoms with Crippen molar-refractivity contribution in [2.75, 3.05) is 6.54 Å². The monoisotopic (exact) mass is 267 g/mol. The minimum absolute atomic E-state index is 0. The van der Waals surface area contributed by atoms with Crippen LogP contribution in [0.3, 0.4) is 0 Å². The Morgan fingerprint density at radius 3 is 2.89 bits per heavy atom. The number of nitrogens with one attached hydrogen (secondary N) is 1. The lowest BCUT2D eigenvalue weighted by Gasteiger charge is -2.28. The molecule has 1 aromatic rings. The van der Waals surface area contributed by atoms with Crippen LogP contribution in [0.2, 0.25) is 0 Å². The zero-order valence-corrected chi connectivity index (χ0v) is 12.0. The first-order chi connectivity index (χ1) is 8.24. The third-order valence-electron chi connectivity index (χ3n) is 3.50. The Morgan fingerprint density at radius 2 is 2.22 bits per heavy atom. The van der Waals surface area contributed by atoms with Crippen LogP contribution < -0.4 is 5.32 Å². The second-order valence-electron chi connectivity index (χ2n) is 4.83. The van der Waals surface area contributed by atoms with E-state index in [-0.39, 0.29) is 18.2 Å². The second-order valence-corrected chi connectivity index (χ2v) is 4.83. The number of hydrogen-bond donors (Lipinski definition) is 1. The summed E-state index contributed by atoms with van der Waals surface area (Å²) in [4.78, 5) is 11.7. The third-order valence-corrected chi connectivity index (χ3v) is 3.50. The van der Waals surface area contributed by atoms with Crippen LogP contribution in [0, 0.1) is 0 Å². The Hall–Kier alpha value is -0.860. The van der Waals surface area contributed by atoms with Crippen molar-refractivity contribution >= 4 is 18.2 Å². The van der Waals surface area contributed by atoms with E-state index < -0.39 is 0 Å². The van der Waals surface area contributed by atoms with Crippen LogP contribution in [0.15, 0.2) is 18.2 Å². The fraction of sp³-hybridized carbons (Fsp3) is 0.533. The van der Waals surface area contributed by atoms with Gasteiger partial charge in [0.05, 0.1) is 0 Å². The highest BCUT2D eigenvalue weighted by atomic mass is 35.5. The molecule has 18 heavy (non-hydrogen) atoms. The molecule has 0 bridgehead atoms. The number of Topliss-reactive ketones (excluding diaryl/α,β-unsaturated/α-hetero) is 1. The number of halogens is 1. The second kappa shape index (κ2) is 6.91. The molecule has 2 nitrogen and oxygen atoms in total. The van der Waals surface area contributed by atoms with Gasteiger partial charge in [0.15, 0.2) is 5.78 Å². The maximum absolute atomic E-state index is 11.7. The Balaban J connectivity index is 0.00000162. The van der Waals surface area contributed by atoms with E-state index >= 15 is 0 Å². The normalized spacial score (nSPS) is 17.8. The molecule has 1 atom stereocenters. The molecule has 1 aliphatic rings. The molecule has 100 valence electrons. The lowest BCUT2D eigenvalue weighted by atomic mass is 9.83. The summed E-state index contributed by atoms with van der Waals surface area (Å²) in [5.74, 6) is 0.187. The maximum Gasteiger partial charge on any atom is 0.160 e. The highest BCUT2D eigenvalue weighted by Gasteiger charge is 2.23. The fourth-order valence-corrected chi connectivity index (χ4v) is 2.71. The van der Waals surface area contributed by atoms with Gasteiger partial charge in [-0.2, -0.15) is 0 Å². The Labute approximate surface area is 116 Å². The average molecular weight is 268 g/mol. The van der Waals surface area contributed by atoms with E-state index in [1.165, 1.54) is 17.5 Å². The molecule has 0 radical (unpaired) electrons. The van der Waals surface area contributed by atoms with Crippen LogP contribution in [0.25, 0.3) is 0 Å². The number of hydrogen-bond acceptors (Lipinski definition) is 2. The van der Waals surface area contributed by atoms with E-state index in [0.29, 0.717) is 6.04 Å². The third kappa shape index (κ3) is 3.12. The Kier molecular flexibility index (Phi) is 5.83. The van der Waals surface area contributed by atoms with Crippen molar-refractivity contribution in [3.05, 3.63) is 34.9 Å². The van der Waals surface area contributed by atoms with Crippen LogP contribution in [0.1, 0.15) is 60.6 Å². The van der Waals surface area contributed by atoms with Crippen LogP contribution in [0.5, 0.6) is 0 Å². The number of rotatable bonds is 4. The number of benzene rings is 1. The van der Waals surface area contributed by atoms with Gasteiger partial charge in [0.1, 0.15) is 0 Å². The first kappa shape index (κ1) is 15.2. The van der Waals surface area contributed by atoms with Crippen LogP contribution in [0.4, 0.5) is 0 Å². The van der Waals surface area contributed by atoms with Gasteiger partial charge in [-0.05, 0) is 50.3 Å². The first-order valence-electron chi connectivity index (χ1n) is 6.60. The highest BCUT2D eigenvalue weighted by molar-refractivity contribution is 5.96. The maximum atomic E-state index is 11.7. The van der Waals surface area contributed by atoms with Crippen molar-refractivity contribution in [2.45, 2.75) is 45.6 Å². The fourth-order valence-electron chi connectivity index (χ4n) is 2.71. The van der Waals surface area contributed by atoms with Gasteiger partial charge in [0, 0.05) is 11.6 Å². The highest BCUT2D eigenvalue weighted by Crippen LogP contribution is 2.32. The van der Waals surface area contributed by atoms with Crippen molar-refractivity contribution < 1.29 is 4.79 Å². The number of fused-ring (bicyclic) bond motifs is 1. The zero-order valence-electron chi connectivity index (χ0n) is 11.2. The van der Waals surface area contributed by atoms with Gasteiger partial charge in [0.25, 0.3) is 0 Å². The molecule has 0 spiro atoms. The number of carbonyl (C=O) groups excluding carboxylic acids is 1. The molecular formula is C15H22ClNO. The molecule has 1 aliphatic carbocycles. The van der Waals surface area contributed by atoms with E-state index in [0.717, 1.165) is 31.4 Å². The SMILES string of the molecule is CCCNC1CCCc2cccc(C(C)=O)c21.Cl. The van der Waals surface area contributed by atoms with Gasteiger partial charge in [0.2, 0.25) is 0 Å². The van der Waals surface area contributed by atoms with E-state index in [1.54, 1.807) is 6.92 Å². The Morgan fingerprint density at radius 1 is 1.44 bits per heavy atom. The van der Waals surface area contributed by atoms with Crippen molar-refractivity contribution in [1.82, 2.24) is 5.32 Å². The quantitative estimate of drug-likeness (QED) is 0.843. The molecule has 0 aliphatic heterocycles. The van der Waals surface area contributed by atoms with Gasteiger partial charge in [-0.15, -0.1) is 12.4 Å². The van der Waals surface area contributed by atoms with E-state index in [4.69, 9.17) is 0 Å². The smallest absolute Gasteiger partial charge is 0.160 e. The molecule has 1 aromatic carbocycles. The summed E-state index contributed by atoms with van der Waals surface area (Å²) in [6.07, 6.45) is 4.61. The Bertz CT molecular complexity index is 417. The van der Waals surface area contributed by atoms with Gasteiger partial charge < -0.3 is 5.32 Å². The molecule has 0 saturated carbocycles. The largest absolute Gasteiger partial charge is 0.310 e. The summed E-state index contributed by atoms with van der Waals surface area (Å²) < 4.78 is 0. The van der Waals surface area contributed by atoms with Crippen LogP contribution in [-0.2, 0) is 6.42 Å². The standard InChI is InChI=1S/C15H21NO.ClH/c1-3-10-16-14-9-5-7-12-6-4-8-13(11(2)17)15(12)14;/h4,6,8,14,16H,3,5,7,9-10H2,1-2H3;1H. The van der Waals surface area contributed by atoms with Crippen molar-refractivity contribution in [2.24, 2.45) is 0 Å². The number of carbonyl (C=O) groups is 1. The molecule has 0 heterocycles. The molecule has 0 aromatic heterocycles.